The maximum absolute atomic E-state index is 13.0. The molecule has 0 aliphatic carbocycles. The Morgan fingerprint density at radius 1 is 1.42 bits per heavy atom. The summed E-state index contributed by atoms with van der Waals surface area (Å²) >= 11 is 1.07. The van der Waals surface area contributed by atoms with E-state index in [1.54, 1.807) is 25.1 Å². The van der Waals surface area contributed by atoms with Gasteiger partial charge in [-0.1, -0.05) is 6.07 Å². The van der Waals surface area contributed by atoms with Gasteiger partial charge < -0.3 is 5.11 Å². The molecular formula is C9H7FOS. The third-order valence-electron chi connectivity index (χ3n) is 1.87. The number of halogens is 1. The molecule has 1 aromatic heterocycles. The molecule has 2 aromatic rings. The number of aromatic hydroxyl groups is 1. The first-order valence-corrected chi connectivity index (χ1v) is 4.38. The predicted octanol–water partition coefficient (Wildman–Crippen LogP) is 3.05. The van der Waals surface area contributed by atoms with E-state index >= 15 is 0 Å². The van der Waals surface area contributed by atoms with E-state index in [1.807, 2.05) is 0 Å². The van der Waals surface area contributed by atoms with E-state index in [-0.39, 0.29) is 10.9 Å². The summed E-state index contributed by atoms with van der Waals surface area (Å²) in [7, 11) is 0. The lowest BCUT2D eigenvalue weighted by Crippen LogP contribution is -1.72. The summed E-state index contributed by atoms with van der Waals surface area (Å²) < 4.78 is 13.8. The summed E-state index contributed by atoms with van der Waals surface area (Å²) in [4.78, 5) is 0. The third-order valence-corrected chi connectivity index (χ3v) is 2.92. The Morgan fingerprint density at radius 2 is 2.17 bits per heavy atom. The zero-order valence-corrected chi connectivity index (χ0v) is 7.28. The van der Waals surface area contributed by atoms with Gasteiger partial charge in [-0.15, -0.1) is 11.3 Å². The van der Waals surface area contributed by atoms with E-state index in [4.69, 9.17) is 0 Å². The minimum Gasteiger partial charge on any atom is -0.507 e. The number of thiophene rings is 1. The topological polar surface area (TPSA) is 20.2 Å². The second-order valence-electron chi connectivity index (χ2n) is 2.65. The Hall–Kier alpha value is -1.09. The maximum Gasteiger partial charge on any atom is 0.180 e. The quantitative estimate of drug-likeness (QED) is 0.663. The number of phenols is 1. The average molecular weight is 182 g/mol. The summed E-state index contributed by atoms with van der Waals surface area (Å²) in [6, 6.07) is 5.09. The second kappa shape index (κ2) is 2.45. The van der Waals surface area contributed by atoms with Crippen molar-refractivity contribution < 1.29 is 9.50 Å². The molecule has 2 rings (SSSR count). The molecule has 62 valence electrons. The zero-order chi connectivity index (χ0) is 8.72. The van der Waals surface area contributed by atoms with Crippen molar-refractivity contribution in [3.05, 3.63) is 28.9 Å². The third kappa shape index (κ3) is 0.898. The van der Waals surface area contributed by atoms with Crippen LogP contribution in [0.4, 0.5) is 4.39 Å². The van der Waals surface area contributed by atoms with Crippen molar-refractivity contribution in [2.24, 2.45) is 0 Å². The molecule has 0 saturated carbocycles. The van der Waals surface area contributed by atoms with Gasteiger partial charge in [0.1, 0.15) is 5.75 Å². The number of benzene rings is 1. The average Bonchev–Trinajstić information content (AvgIpc) is 2.29. The van der Waals surface area contributed by atoms with Gasteiger partial charge in [-0.05, 0) is 19.1 Å². The maximum atomic E-state index is 13.0. The Morgan fingerprint density at radius 3 is 2.83 bits per heavy atom. The number of phenolic OH excluding ortho intramolecular Hbond substituents is 1. The number of aryl methyl sites for hydroxylation is 1. The zero-order valence-electron chi connectivity index (χ0n) is 6.47. The molecule has 0 bridgehead atoms. The Labute approximate surface area is 73.1 Å². The van der Waals surface area contributed by atoms with Gasteiger partial charge in [0, 0.05) is 15.6 Å². The first-order chi connectivity index (χ1) is 5.70. The molecule has 3 heteroatoms. The van der Waals surface area contributed by atoms with Gasteiger partial charge in [0.25, 0.3) is 0 Å². The van der Waals surface area contributed by atoms with E-state index in [9.17, 15) is 9.50 Å². The Bertz CT molecular complexity index is 433. The van der Waals surface area contributed by atoms with Crippen molar-refractivity contribution >= 4 is 21.4 Å². The standard InChI is InChI=1S/C9H7FOS/c1-5-8-6(11)3-2-4-7(8)12-9(5)10/h2-4,11H,1H3. The lowest BCUT2D eigenvalue weighted by atomic mass is 10.2. The van der Waals surface area contributed by atoms with Gasteiger partial charge in [0.15, 0.2) is 5.13 Å². The SMILES string of the molecule is Cc1c(F)sc2cccc(O)c12. The van der Waals surface area contributed by atoms with Crippen LogP contribution in [0.5, 0.6) is 5.75 Å². The van der Waals surface area contributed by atoms with Crippen LogP contribution in [0, 0.1) is 12.1 Å². The predicted molar refractivity (Wildman–Crippen MR) is 48.2 cm³/mol. The molecule has 0 amide bonds. The fourth-order valence-electron chi connectivity index (χ4n) is 1.25. The number of hydrogen-bond donors (Lipinski definition) is 1. The molecule has 0 saturated heterocycles. The van der Waals surface area contributed by atoms with Crippen molar-refractivity contribution in [2.45, 2.75) is 6.92 Å². The molecule has 0 spiro atoms. The molecule has 12 heavy (non-hydrogen) atoms. The lowest BCUT2D eigenvalue weighted by Gasteiger charge is -1.94. The first-order valence-electron chi connectivity index (χ1n) is 3.56. The van der Waals surface area contributed by atoms with E-state index in [1.165, 1.54) is 0 Å². The minimum atomic E-state index is -0.216. The molecule has 1 N–H and O–H groups in total. The molecule has 1 nitrogen and oxygen atoms in total. The largest absolute Gasteiger partial charge is 0.507 e. The molecule has 0 fully saturated rings. The van der Waals surface area contributed by atoms with Gasteiger partial charge in [-0.25, -0.2) is 0 Å². The van der Waals surface area contributed by atoms with Crippen molar-refractivity contribution in [1.29, 1.82) is 0 Å². The number of hydrogen-bond acceptors (Lipinski definition) is 2. The van der Waals surface area contributed by atoms with Crippen LogP contribution >= 0.6 is 11.3 Å². The van der Waals surface area contributed by atoms with Crippen LogP contribution in [0.1, 0.15) is 5.56 Å². The summed E-state index contributed by atoms with van der Waals surface area (Å²) in [6.07, 6.45) is 0. The highest BCUT2D eigenvalue weighted by Crippen LogP contribution is 2.34. The van der Waals surface area contributed by atoms with Crippen LogP contribution in [0.25, 0.3) is 10.1 Å². The number of rotatable bonds is 0. The van der Waals surface area contributed by atoms with Gasteiger partial charge in [0.2, 0.25) is 0 Å². The molecule has 1 heterocycles. The van der Waals surface area contributed by atoms with Crippen molar-refractivity contribution in [1.82, 2.24) is 0 Å². The lowest BCUT2D eigenvalue weighted by molar-refractivity contribution is 0.481. The molecule has 0 unspecified atom stereocenters. The van der Waals surface area contributed by atoms with Gasteiger partial charge >= 0.3 is 0 Å². The van der Waals surface area contributed by atoms with Crippen molar-refractivity contribution in [3.8, 4) is 5.75 Å². The van der Waals surface area contributed by atoms with Crippen molar-refractivity contribution in [3.63, 3.8) is 0 Å². The molecule has 0 atom stereocenters. The summed E-state index contributed by atoms with van der Waals surface area (Å²) in [6.45, 7) is 1.67. The molecule has 0 aliphatic rings. The van der Waals surface area contributed by atoms with Gasteiger partial charge in [-0.3, -0.25) is 0 Å². The smallest absolute Gasteiger partial charge is 0.180 e. The highest BCUT2D eigenvalue weighted by atomic mass is 32.1. The number of fused-ring (bicyclic) bond motifs is 1. The monoisotopic (exact) mass is 182 g/mol. The van der Waals surface area contributed by atoms with Crippen molar-refractivity contribution in [2.75, 3.05) is 0 Å². The summed E-state index contributed by atoms with van der Waals surface area (Å²) in [5, 5.41) is 9.83. The van der Waals surface area contributed by atoms with Crippen LogP contribution in [-0.4, -0.2) is 5.11 Å². The molecule has 0 aliphatic heterocycles. The van der Waals surface area contributed by atoms with Crippen LogP contribution < -0.4 is 0 Å². The summed E-state index contributed by atoms with van der Waals surface area (Å²) in [5.74, 6) is 0.158. The first kappa shape index (κ1) is 7.55. The van der Waals surface area contributed by atoms with Crippen LogP contribution in [-0.2, 0) is 0 Å². The van der Waals surface area contributed by atoms with E-state index in [0.29, 0.717) is 10.9 Å². The Balaban J connectivity index is 2.97. The van der Waals surface area contributed by atoms with Crippen LogP contribution in [0.15, 0.2) is 18.2 Å². The molecular weight excluding hydrogens is 175 g/mol. The van der Waals surface area contributed by atoms with Gasteiger partial charge in [-0.2, -0.15) is 4.39 Å². The van der Waals surface area contributed by atoms with Gasteiger partial charge in [0.05, 0.1) is 0 Å². The molecule has 0 radical (unpaired) electrons. The Kier molecular flexibility index (Phi) is 1.54. The van der Waals surface area contributed by atoms with Crippen LogP contribution in [0.2, 0.25) is 0 Å². The fraction of sp³-hybridized carbons (Fsp3) is 0.111. The van der Waals surface area contributed by atoms with Crippen LogP contribution in [0.3, 0.4) is 0 Å². The molecule has 1 aromatic carbocycles. The minimum absolute atomic E-state index is 0.158. The van der Waals surface area contributed by atoms with E-state index in [2.05, 4.69) is 0 Å². The fourth-order valence-corrected chi connectivity index (χ4v) is 2.21. The highest BCUT2D eigenvalue weighted by molar-refractivity contribution is 7.17. The highest BCUT2D eigenvalue weighted by Gasteiger charge is 2.10. The van der Waals surface area contributed by atoms with E-state index < -0.39 is 0 Å². The normalized spacial score (nSPS) is 10.8. The van der Waals surface area contributed by atoms with E-state index in [0.717, 1.165) is 16.0 Å². The second-order valence-corrected chi connectivity index (χ2v) is 3.65. The summed E-state index contributed by atoms with van der Waals surface area (Å²) in [5.41, 5.74) is 0.535.